The van der Waals surface area contributed by atoms with E-state index in [4.69, 9.17) is 0 Å². The largest absolute Gasteiger partial charge is 0.356 e. The molecule has 0 aliphatic heterocycles. The average molecular weight is 251 g/mol. The van der Waals surface area contributed by atoms with Crippen molar-refractivity contribution in [1.29, 1.82) is 0 Å². The lowest BCUT2D eigenvalue weighted by Crippen LogP contribution is -2.07. The van der Waals surface area contributed by atoms with E-state index in [2.05, 4.69) is 44.8 Å². The molecule has 0 bridgehead atoms. The van der Waals surface area contributed by atoms with Crippen molar-refractivity contribution >= 4 is 0 Å². The van der Waals surface area contributed by atoms with Gasteiger partial charge in [-0.2, -0.15) is 0 Å². The first kappa shape index (κ1) is 16.5. The minimum absolute atomic E-state index is 0.723. The second-order valence-electron chi connectivity index (χ2n) is 3.75. The third-order valence-corrected chi connectivity index (χ3v) is 2.09. The van der Waals surface area contributed by atoms with Crippen LogP contribution in [0.2, 0.25) is 0 Å². The van der Waals surface area contributed by atoms with Crippen molar-refractivity contribution in [3.8, 4) is 0 Å². The van der Waals surface area contributed by atoms with Crippen LogP contribution in [0.5, 0.6) is 0 Å². The summed E-state index contributed by atoms with van der Waals surface area (Å²) in [4.78, 5) is 0. The maximum absolute atomic E-state index is 3.92. The first-order valence-corrected chi connectivity index (χ1v) is 5.80. The highest BCUT2D eigenvalue weighted by atomic mass is 14.9. The second kappa shape index (κ2) is 9.49. The molecule has 0 unspecified atom stereocenters. The number of hydrogen-bond acceptors (Lipinski definition) is 1. The molecule has 0 radical (unpaired) electrons. The van der Waals surface area contributed by atoms with Gasteiger partial charge in [-0.1, -0.05) is 75.9 Å². The fourth-order valence-electron chi connectivity index (χ4n) is 1.07. The van der Waals surface area contributed by atoms with Gasteiger partial charge in [0, 0.05) is 11.4 Å². The zero-order valence-electron chi connectivity index (χ0n) is 11.4. The van der Waals surface area contributed by atoms with Crippen LogP contribution in [-0.4, -0.2) is 0 Å². The highest BCUT2D eigenvalue weighted by Crippen LogP contribution is 2.09. The van der Waals surface area contributed by atoms with Gasteiger partial charge in [0.1, 0.15) is 0 Å². The summed E-state index contributed by atoms with van der Waals surface area (Å²) in [5, 5.41) is 3.04. The van der Waals surface area contributed by atoms with Crippen molar-refractivity contribution in [3.63, 3.8) is 0 Å². The molecule has 0 aromatic rings. The third-order valence-electron chi connectivity index (χ3n) is 2.09. The molecule has 0 aliphatic carbocycles. The summed E-state index contributed by atoms with van der Waals surface area (Å²) in [5.74, 6) is 0. The summed E-state index contributed by atoms with van der Waals surface area (Å²) >= 11 is 0. The quantitative estimate of drug-likeness (QED) is 0.583. The standard InChI is InChI=1S/C18H21N/c1-7-9-11-15(3)16(4)13-14-18(6)19-17(5)12-10-8-2/h7-14,19H,1-6H2/b11-9-,12-10-,14-13-. The SMILES string of the molecule is C=C/C=C\C(=C)NC(=C)/C=C\C(=C)C(=C)/C=C\C=C. The summed E-state index contributed by atoms with van der Waals surface area (Å²) in [7, 11) is 0. The first-order chi connectivity index (χ1) is 9.01. The van der Waals surface area contributed by atoms with Crippen molar-refractivity contribution in [2.24, 2.45) is 0 Å². The minimum atomic E-state index is 0.723. The summed E-state index contributed by atoms with van der Waals surface area (Å²) in [6.07, 6.45) is 14.3. The lowest BCUT2D eigenvalue weighted by Gasteiger charge is -2.05. The molecule has 0 rings (SSSR count). The molecule has 0 aromatic heterocycles. The van der Waals surface area contributed by atoms with Gasteiger partial charge in [0.2, 0.25) is 0 Å². The van der Waals surface area contributed by atoms with Crippen LogP contribution in [-0.2, 0) is 0 Å². The summed E-state index contributed by atoms with van der Waals surface area (Å²) in [6, 6.07) is 0. The van der Waals surface area contributed by atoms with Gasteiger partial charge in [-0.05, 0) is 23.3 Å². The van der Waals surface area contributed by atoms with Crippen LogP contribution >= 0.6 is 0 Å². The van der Waals surface area contributed by atoms with Crippen LogP contribution in [0.15, 0.2) is 111 Å². The number of hydrogen-bond donors (Lipinski definition) is 1. The maximum atomic E-state index is 3.92. The van der Waals surface area contributed by atoms with E-state index in [-0.39, 0.29) is 0 Å². The van der Waals surface area contributed by atoms with E-state index in [1.807, 2.05) is 30.4 Å². The monoisotopic (exact) mass is 251 g/mol. The molecular formula is C18H21N. The normalized spacial score (nSPS) is 10.7. The molecule has 1 N–H and O–H groups in total. The fourth-order valence-corrected chi connectivity index (χ4v) is 1.07. The van der Waals surface area contributed by atoms with Gasteiger partial charge in [-0.3, -0.25) is 0 Å². The van der Waals surface area contributed by atoms with Crippen molar-refractivity contribution < 1.29 is 0 Å². The second-order valence-corrected chi connectivity index (χ2v) is 3.75. The van der Waals surface area contributed by atoms with Crippen LogP contribution in [0.3, 0.4) is 0 Å². The van der Waals surface area contributed by atoms with Gasteiger partial charge in [-0.25, -0.2) is 0 Å². The van der Waals surface area contributed by atoms with Crippen LogP contribution in [0.4, 0.5) is 0 Å². The lowest BCUT2D eigenvalue weighted by molar-refractivity contribution is 1.06. The third kappa shape index (κ3) is 8.22. The van der Waals surface area contributed by atoms with Crippen molar-refractivity contribution in [3.05, 3.63) is 111 Å². The highest BCUT2D eigenvalue weighted by Gasteiger charge is 1.92. The van der Waals surface area contributed by atoms with Crippen molar-refractivity contribution in [2.45, 2.75) is 0 Å². The molecule has 0 atom stereocenters. The maximum Gasteiger partial charge on any atom is 0.0311 e. The van der Waals surface area contributed by atoms with Gasteiger partial charge in [0.05, 0.1) is 0 Å². The van der Waals surface area contributed by atoms with E-state index in [0.29, 0.717) is 0 Å². The smallest absolute Gasteiger partial charge is 0.0311 e. The van der Waals surface area contributed by atoms with E-state index in [1.165, 1.54) is 0 Å². The van der Waals surface area contributed by atoms with Gasteiger partial charge in [0.15, 0.2) is 0 Å². The Morgan fingerprint density at radius 3 is 1.68 bits per heavy atom. The Morgan fingerprint density at radius 1 is 0.632 bits per heavy atom. The Bertz CT molecular complexity index is 482. The van der Waals surface area contributed by atoms with Gasteiger partial charge in [-0.15, -0.1) is 0 Å². The lowest BCUT2D eigenvalue weighted by atomic mass is 10.1. The highest BCUT2D eigenvalue weighted by molar-refractivity contribution is 5.44. The van der Waals surface area contributed by atoms with E-state index >= 15 is 0 Å². The minimum Gasteiger partial charge on any atom is -0.356 e. The number of rotatable bonds is 9. The molecule has 98 valence electrons. The molecule has 1 nitrogen and oxygen atoms in total. The molecule has 0 fully saturated rings. The zero-order chi connectivity index (χ0) is 14.7. The molecule has 0 spiro atoms. The molecule has 0 amide bonds. The molecule has 0 saturated heterocycles. The Morgan fingerprint density at radius 2 is 1.11 bits per heavy atom. The van der Waals surface area contributed by atoms with Gasteiger partial charge in [0.25, 0.3) is 0 Å². The van der Waals surface area contributed by atoms with Crippen LogP contribution in [0.1, 0.15) is 0 Å². The first-order valence-electron chi connectivity index (χ1n) is 5.80. The Labute approximate surface area is 116 Å². The molecule has 0 heterocycles. The molecule has 0 saturated carbocycles. The van der Waals surface area contributed by atoms with Crippen LogP contribution in [0, 0.1) is 0 Å². The Hall–Kier alpha value is -2.54. The predicted molar refractivity (Wildman–Crippen MR) is 87.5 cm³/mol. The van der Waals surface area contributed by atoms with E-state index < -0.39 is 0 Å². The molecule has 0 aliphatic rings. The van der Waals surface area contributed by atoms with Crippen molar-refractivity contribution in [2.75, 3.05) is 0 Å². The number of allylic oxidation sites excluding steroid dienone is 10. The summed E-state index contributed by atoms with van der Waals surface area (Å²) in [6.45, 7) is 22.7. The summed E-state index contributed by atoms with van der Waals surface area (Å²) < 4.78 is 0. The van der Waals surface area contributed by atoms with Crippen LogP contribution in [0.25, 0.3) is 0 Å². The van der Waals surface area contributed by atoms with Gasteiger partial charge >= 0.3 is 0 Å². The van der Waals surface area contributed by atoms with Crippen LogP contribution < -0.4 is 5.32 Å². The van der Waals surface area contributed by atoms with E-state index in [1.54, 1.807) is 18.2 Å². The molecular weight excluding hydrogens is 230 g/mol. The molecule has 0 aromatic carbocycles. The predicted octanol–water partition coefficient (Wildman–Crippen LogP) is 4.76. The van der Waals surface area contributed by atoms with Crippen molar-refractivity contribution in [1.82, 2.24) is 5.32 Å². The number of nitrogens with one attached hydrogen (secondary N) is 1. The average Bonchev–Trinajstić information content (AvgIpc) is 2.39. The molecule has 1 heteroatoms. The fraction of sp³-hybridized carbons (Fsp3) is 0. The van der Waals surface area contributed by atoms with Gasteiger partial charge < -0.3 is 5.32 Å². The Kier molecular flexibility index (Phi) is 8.22. The Balaban J connectivity index is 4.40. The molecule has 19 heavy (non-hydrogen) atoms. The van der Waals surface area contributed by atoms with E-state index in [0.717, 1.165) is 22.5 Å². The van der Waals surface area contributed by atoms with E-state index in [9.17, 15) is 0 Å². The summed E-state index contributed by atoms with van der Waals surface area (Å²) in [5.41, 5.74) is 3.11. The zero-order valence-corrected chi connectivity index (χ0v) is 11.4. The topological polar surface area (TPSA) is 12.0 Å².